The Hall–Kier alpha value is -1.43. The molecule has 0 radical (unpaired) electrons. The van der Waals surface area contributed by atoms with Crippen molar-refractivity contribution < 1.29 is 9.13 Å². The zero-order valence-corrected chi connectivity index (χ0v) is 12.8. The monoisotopic (exact) mass is 306 g/mol. The summed E-state index contributed by atoms with van der Waals surface area (Å²) in [5.74, 6) is 0.0533. The molecule has 0 unspecified atom stereocenters. The average molecular weight is 306 g/mol. The number of ether oxygens (including phenoxy) is 1. The summed E-state index contributed by atoms with van der Waals surface area (Å²) in [5.41, 5.74) is 2.10. The van der Waals surface area contributed by atoms with Gasteiger partial charge < -0.3 is 10.1 Å². The summed E-state index contributed by atoms with van der Waals surface area (Å²) in [5, 5.41) is 7.56. The highest BCUT2D eigenvalue weighted by Gasteiger charge is 2.27. The Morgan fingerprint density at radius 3 is 2.76 bits per heavy atom. The lowest BCUT2D eigenvalue weighted by molar-refractivity contribution is 0.195. The van der Waals surface area contributed by atoms with Gasteiger partial charge in [0.2, 0.25) is 0 Å². The maximum absolute atomic E-state index is 14.1. The van der Waals surface area contributed by atoms with Gasteiger partial charge in [-0.05, 0) is 28.5 Å². The number of methoxy groups -OCH3 is 1. The summed E-state index contributed by atoms with van der Waals surface area (Å²) in [4.78, 5) is 2.38. The number of hydrogen-bond acceptors (Lipinski definition) is 4. The normalized spacial score (nSPS) is 17.6. The molecule has 1 N–H and O–H groups in total. The molecule has 21 heavy (non-hydrogen) atoms. The maximum atomic E-state index is 14.1. The minimum absolute atomic E-state index is 0.0454. The molecule has 0 bridgehead atoms. The summed E-state index contributed by atoms with van der Waals surface area (Å²) >= 11 is 1.67. The second-order valence-electron chi connectivity index (χ2n) is 5.11. The Morgan fingerprint density at radius 2 is 2.10 bits per heavy atom. The molecular formula is C16H19FN2OS. The number of nitrogens with zero attached hydrogens (tertiary/aromatic N) is 1. The van der Waals surface area contributed by atoms with Gasteiger partial charge in [0.1, 0.15) is 0 Å². The number of thiophene rings is 1. The molecule has 1 aliphatic rings. The highest BCUT2D eigenvalue weighted by atomic mass is 32.1. The lowest BCUT2D eigenvalue weighted by Gasteiger charge is -2.35. The number of rotatable bonds is 4. The maximum Gasteiger partial charge on any atom is 0.165 e. The highest BCUT2D eigenvalue weighted by molar-refractivity contribution is 7.08. The smallest absolute Gasteiger partial charge is 0.165 e. The molecule has 1 fully saturated rings. The van der Waals surface area contributed by atoms with Gasteiger partial charge in [-0.15, -0.1) is 0 Å². The molecule has 2 aromatic rings. The summed E-state index contributed by atoms with van der Waals surface area (Å²) in [6.45, 7) is 3.80. The van der Waals surface area contributed by atoms with Crippen molar-refractivity contribution in [2.75, 3.05) is 33.3 Å². The van der Waals surface area contributed by atoms with Crippen LogP contribution in [0.2, 0.25) is 0 Å². The van der Waals surface area contributed by atoms with Crippen molar-refractivity contribution in [2.45, 2.75) is 6.04 Å². The van der Waals surface area contributed by atoms with Crippen LogP contribution in [0.15, 0.2) is 35.0 Å². The van der Waals surface area contributed by atoms with Gasteiger partial charge in [0.05, 0.1) is 13.2 Å². The molecule has 0 aliphatic carbocycles. The van der Waals surface area contributed by atoms with Crippen LogP contribution in [-0.2, 0) is 0 Å². The van der Waals surface area contributed by atoms with Gasteiger partial charge in [-0.25, -0.2) is 4.39 Å². The molecule has 1 aliphatic heterocycles. The fourth-order valence-electron chi connectivity index (χ4n) is 2.91. The summed E-state index contributed by atoms with van der Waals surface area (Å²) in [6, 6.07) is 7.33. The molecular weight excluding hydrogens is 287 g/mol. The van der Waals surface area contributed by atoms with Gasteiger partial charge in [0, 0.05) is 31.7 Å². The van der Waals surface area contributed by atoms with Crippen LogP contribution in [0.25, 0.3) is 0 Å². The molecule has 1 atom stereocenters. The van der Waals surface area contributed by atoms with E-state index in [1.165, 1.54) is 18.7 Å². The zero-order valence-electron chi connectivity index (χ0n) is 12.0. The minimum Gasteiger partial charge on any atom is -0.493 e. The number of halogens is 1. The van der Waals surface area contributed by atoms with Gasteiger partial charge in [0.25, 0.3) is 0 Å². The van der Waals surface area contributed by atoms with Crippen molar-refractivity contribution in [3.8, 4) is 5.75 Å². The van der Waals surface area contributed by atoms with Crippen LogP contribution < -0.4 is 10.1 Å². The SMILES string of the molecule is COc1c(F)cccc1[C@H](c1ccsc1)N1CCNCC1. The van der Waals surface area contributed by atoms with E-state index < -0.39 is 0 Å². The lowest BCUT2D eigenvalue weighted by Crippen LogP contribution is -2.45. The second kappa shape index (κ2) is 6.56. The number of piperazine rings is 1. The molecule has 5 heteroatoms. The van der Waals surface area contributed by atoms with Crippen LogP contribution >= 0.6 is 11.3 Å². The zero-order chi connectivity index (χ0) is 14.7. The molecule has 2 heterocycles. The predicted molar refractivity (Wildman–Crippen MR) is 83.6 cm³/mol. The van der Waals surface area contributed by atoms with E-state index in [-0.39, 0.29) is 11.9 Å². The van der Waals surface area contributed by atoms with Crippen LogP contribution in [0, 0.1) is 5.82 Å². The molecule has 1 saturated heterocycles. The molecule has 3 nitrogen and oxygen atoms in total. The van der Waals surface area contributed by atoms with E-state index in [0.717, 1.165) is 31.7 Å². The number of hydrogen-bond donors (Lipinski definition) is 1. The van der Waals surface area contributed by atoms with E-state index in [1.807, 2.05) is 6.07 Å². The predicted octanol–water partition coefficient (Wildman–Crippen LogP) is 2.89. The van der Waals surface area contributed by atoms with Gasteiger partial charge in [-0.2, -0.15) is 11.3 Å². The Bertz CT molecular complexity index is 582. The molecule has 0 spiro atoms. The molecule has 1 aromatic carbocycles. The quantitative estimate of drug-likeness (QED) is 0.940. The fourth-order valence-corrected chi connectivity index (χ4v) is 3.59. The summed E-state index contributed by atoms with van der Waals surface area (Å²) in [7, 11) is 1.53. The van der Waals surface area contributed by atoms with Crippen LogP contribution in [-0.4, -0.2) is 38.2 Å². The fraction of sp³-hybridized carbons (Fsp3) is 0.375. The minimum atomic E-state index is -0.301. The summed E-state index contributed by atoms with van der Waals surface area (Å²) in [6.07, 6.45) is 0. The lowest BCUT2D eigenvalue weighted by atomic mass is 9.97. The Labute approximate surface area is 128 Å². The first kappa shape index (κ1) is 14.5. The van der Waals surface area contributed by atoms with Crippen molar-refractivity contribution >= 4 is 11.3 Å². The molecule has 3 rings (SSSR count). The molecule has 112 valence electrons. The van der Waals surface area contributed by atoms with E-state index in [9.17, 15) is 4.39 Å². The van der Waals surface area contributed by atoms with E-state index in [1.54, 1.807) is 17.4 Å². The number of nitrogens with one attached hydrogen (secondary N) is 1. The Balaban J connectivity index is 2.05. The van der Waals surface area contributed by atoms with E-state index in [4.69, 9.17) is 4.74 Å². The van der Waals surface area contributed by atoms with Crippen LogP contribution in [0.4, 0.5) is 4.39 Å². The topological polar surface area (TPSA) is 24.5 Å². The van der Waals surface area contributed by atoms with Gasteiger partial charge in [-0.1, -0.05) is 12.1 Å². The Kier molecular flexibility index (Phi) is 4.53. The van der Waals surface area contributed by atoms with Gasteiger partial charge in [0.15, 0.2) is 11.6 Å². The number of benzene rings is 1. The Morgan fingerprint density at radius 1 is 1.29 bits per heavy atom. The average Bonchev–Trinajstić information content (AvgIpc) is 3.03. The second-order valence-corrected chi connectivity index (χ2v) is 5.89. The third kappa shape index (κ3) is 2.95. The first-order valence-electron chi connectivity index (χ1n) is 7.10. The number of para-hydroxylation sites is 1. The van der Waals surface area contributed by atoms with Crippen molar-refractivity contribution in [1.82, 2.24) is 10.2 Å². The first-order valence-corrected chi connectivity index (χ1v) is 8.05. The standard InChI is InChI=1S/C16H19FN2OS/c1-20-16-13(3-2-4-14(16)17)15(12-5-10-21-11-12)19-8-6-18-7-9-19/h2-5,10-11,15,18H,6-9H2,1H3/t15-/m0/s1. The summed E-state index contributed by atoms with van der Waals surface area (Å²) < 4.78 is 19.4. The van der Waals surface area contributed by atoms with Crippen LogP contribution in [0.3, 0.4) is 0 Å². The van der Waals surface area contributed by atoms with Crippen LogP contribution in [0.1, 0.15) is 17.2 Å². The van der Waals surface area contributed by atoms with Crippen molar-refractivity contribution in [2.24, 2.45) is 0 Å². The van der Waals surface area contributed by atoms with E-state index in [0.29, 0.717) is 5.75 Å². The van der Waals surface area contributed by atoms with E-state index >= 15 is 0 Å². The van der Waals surface area contributed by atoms with Gasteiger partial charge >= 0.3 is 0 Å². The molecule has 1 aromatic heterocycles. The van der Waals surface area contributed by atoms with Crippen molar-refractivity contribution in [3.63, 3.8) is 0 Å². The third-order valence-corrected chi connectivity index (χ3v) is 4.57. The van der Waals surface area contributed by atoms with Crippen molar-refractivity contribution in [3.05, 3.63) is 52.0 Å². The highest BCUT2D eigenvalue weighted by Crippen LogP contribution is 2.37. The first-order chi connectivity index (χ1) is 10.3. The largest absolute Gasteiger partial charge is 0.493 e. The van der Waals surface area contributed by atoms with Gasteiger partial charge in [-0.3, -0.25) is 4.90 Å². The van der Waals surface area contributed by atoms with Crippen LogP contribution in [0.5, 0.6) is 5.75 Å². The molecule has 0 saturated carbocycles. The van der Waals surface area contributed by atoms with Crippen molar-refractivity contribution in [1.29, 1.82) is 0 Å². The third-order valence-electron chi connectivity index (χ3n) is 3.87. The molecule has 0 amide bonds. The van der Waals surface area contributed by atoms with E-state index in [2.05, 4.69) is 27.0 Å².